The standard InChI is InChI=1S/C21H31N3O3/c1-17-3-5-19(6-4-17)15-21(26)23-8-7-20(16-23)24(18(2)25)10-9-22-11-13-27-14-12-22/h3-6,20H,7-16H2,1-2H3. The Bertz CT molecular complexity index is 641. The highest BCUT2D eigenvalue weighted by Crippen LogP contribution is 2.18. The predicted octanol–water partition coefficient (Wildman–Crippen LogP) is 1.32. The normalized spacial score (nSPS) is 20.7. The molecule has 1 aromatic carbocycles. The zero-order valence-corrected chi connectivity index (χ0v) is 16.5. The molecule has 6 nitrogen and oxygen atoms in total. The number of hydrogen-bond acceptors (Lipinski definition) is 4. The number of likely N-dealkylation sites (tertiary alicyclic amines) is 1. The fourth-order valence-corrected chi connectivity index (χ4v) is 3.89. The SMILES string of the molecule is CC(=O)N(CCN1CCOCC1)C1CCN(C(=O)Cc2ccc(C)cc2)C1. The summed E-state index contributed by atoms with van der Waals surface area (Å²) in [4.78, 5) is 31.0. The minimum absolute atomic E-state index is 0.0982. The molecule has 1 aromatic rings. The molecule has 148 valence electrons. The van der Waals surface area contributed by atoms with Crippen molar-refractivity contribution in [3.05, 3.63) is 35.4 Å². The Balaban J connectivity index is 1.51. The second kappa shape index (κ2) is 9.33. The van der Waals surface area contributed by atoms with Gasteiger partial charge >= 0.3 is 0 Å². The number of morpholine rings is 1. The Hall–Kier alpha value is -1.92. The molecule has 2 heterocycles. The Morgan fingerprint density at radius 1 is 1.15 bits per heavy atom. The predicted molar refractivity (Wildman–Crippen MR) is 105 cm³/mol. The summed E-state index contributed by atoms with van der Waals surface area (Å²) >= 11 is 0. The zero-order valence-electron chi connectivity index (χ0n) is 16.5. The molecule has 27 heavy (non-hydrogen) atoms. The van der Waals surface area contributed by atoms with E-state index in [1.54, 1.807) is 6.92 Å². The van der Waals surface area contributed by atoms with Crippen molar-refractivity contribution in [2.24, 2.45) is 0 Å². The van der Waals surface area contributed by atoms with Gasteiger partial charge in [-0.2, -0.15) is 0 Å². The highest BCUT2D eigenvalue weighted by atomic mass is 16.5. The molecule has 2 saturated heterocycles. The number of nitrogens with zero attached hydrogens (tertiary/aromatic N) is 3. The van der Waals surface area contributed by atoms with Gasteiger partial charge in [-0.05, 0) is 18.9 Å². The van der Waals surface area contributed by atoms with Crippen molar-refractivity contribution >= 4 is 11.8 Å². The maximum Gasteiger partial charge on any atom is 0.227 e. The molecule has 1 unspecified atom stereocenters. The Morgan fingerprint density at radius 3 is 2.52 bits per heavy atom. The van der Waals surface area contributed by atoms with Gasteiger partial charge in [0.15, 0.2) is 0 Å². The van der Waals surface area contributed by atoms with E-state index in [1.165, 1.54) is 5.56 Å². The van der Waals surface area contributed by atoms with E-state index in [1.807, 2.05) is 41.0 Å². The third-order valence-corrected chi connectivity index (χ3v) is 5.60. The maximum absolute atomic E-state index is 12.6. The van der Waals surface area contributed by atoms with E-state index in [4.69, 9.17) is 4.74 Å². The highest BCUT2D eigenvalue weighted by molar-refractivity contribution is 5.79. The van der Waals surface area contributed by atoms with Gasteiger partial charge in [0, 0.05) is 46.2 Å². The number of carbonyl (C=O) groups is 2. The van der Waals surface area contributed by atoms with E-state index in [-0.39, 0.29) is 17.9 Å². The van der Waals surface area contributed by atoms with Crippen LogP contribution in [0, 0.1) is 6.92 Å². The van der Waals surface area contributed by atoms with Crippen LogP contribution in [0.15, 0.2) is 24.3 Å². The molecule has 0 aliphatic carbocycles. The van der Waals surface area contributed by atoms with Crippen LogP contribution in [0.25, 0.3) is 0 Å². The number of carbonyl (C=O) groups excluding carboxylic acids is 2. The number of ether oxygens (including phenoxy) is 1. The van der Waals surface area contributed by atoms with Crippen molar-refractivity contribution in [1.82, 2.24) is 14.7 Å². The Labute approximate surface area is 162 Å². The van der Waals surface area contributed by atoms with E-state index in [0.29, 0.717) is 13.0 Å². The van der Waals surface area contributed by atoms with Crippen LogP contribution < -0.4 is 0 Å². The van der Waals surface area contributed by atoms with E-state index in [2.05, 4.69) is 4.90 Å². The summed E-state index contributed by atoms with van der Waals surface area (Å²) in [7, 11) is 0. The molecular weight excluding hydrogens is 342 g/mol. The summed E-state index contributed by atoms with van der Waals surface area (Å²) in [6, 6.07) is 8.25. The van der Waals surface area contributed by atoms with Gasteiger partial charge < -0.3 is 14.5 Å². The molecule has 2 aliphatic rings. The third-order valence-electron chi connectivity index (χ3n) is 5.60. The summed E-state index contributed by atoms with van der Waals surface area (Å²) in [5.41, 5.74) is 2.24. The molecule has 0 N–H and O–H groups in total. The third kappa shape index (κ3) is 5.53. The number of aryl methyl sites for hydroxylation is 1. The van der Waals surface area contributed by atoms with Crippen LogP contribution in [-0.2, 0) is 20.7 Å². The molecule has 0 bridgehead atoms. The van der Waals surface area contributed by atoms with E-state index in [9.17, 15) is 9.59 Å². The van der Waals surface area contributed by atoms with Crippen LogP contribution in [0.4, 0.5) is 0 Å². The number of rotatable bonds is 6. The maximum atomic E-state index is 12.6. The van der Waals surface area contributed by atoms with Gasteiger partial charge in [0.05, 0.1) is 25.7 Å². The first-order valence-electron chi connectivity index (χ1n) is 9.93. The lowest BCUT2D eigenvalue weighted by atomic mass is 10.1. The first kappa shape index (κ1) is 19.8. The van der Waals surface area contributed by atoms with Crippen molar-refractivity contribution in [2.45, 2.75) is 32.7 Å². The largest absolute Gasteiger partial charge is 0.379 e. The fraction of sp³-hybridized carbons (Fsp3) is 0.619. The quantitative estimate of drug-likeness (QED) is 0.755. The molecule has 0 radical (unpaired) electrons. The van der Waals surface area contributed by atoms with E-state index < -0.39 is 0 Å². The second-order valence-electron chi connectivity index (χ2n) is 7.61. The average molecular weight is 373 g/mol. The number of hydrogen-bond donors (Lipinski definition) is 0. The Morgan fingerprint density at radius 2 is 1.85 bits per heavy atom. The van der Waals surface area contributed by atoms with Crippen molar-refractivity contribution in [3.8, 4) is 0 Å². The number of amides is 2. The summed E-state index contributed by atoms with van der Waals surface area (Å²) in [6.45, 7) is 10.0. The molecule has 3 rings (SSSR count). The highest BCUT2D eigenvalue weighted by Gasteiger charge is 2.31. The van der Waals surface area contributed by atoms with Crippen LogP contribution >= 0.6 is 0 Å². The molecule has 1 atom stereocenters. The molecule has 0 aromatic heterocycles. The summed E-state index contributed by atoms with van der Waals surface area (Å²) in [5.74, 6) is 0.249. The molecule has 2 fully saturated rings. The van der Waals surface area contributed by atoms with E-state index >= 15 is 0 Å². The zero-order chi connectivity index (χ0) is 19.2. The first-order chi connectivity index (χ1) is 13.0. The summed E-state index contributed by atoms with van der Waals surface area (Å²) in [5, 5.41) is 0. The van der Waals surface area contributed by atoms with Crippen LogP contribution in [0.1, 0.15) is 24.5 Å². The van der Waals surface area contributed by atoms with Crippen LogP contribution in [0.5, 0.6) is 0 Å². The van der Waals surface area contributed by atoms with Gasteiger partial charge in [0.25, 0.3) is 0 Å². The smallest absolute Gasteiger partial charge is 0.227 e. The van der Waals surface area contributed by atoms with Gasteiger partial charge in [-0.1, -0.05) is 29.8 Å². The van der Waals surface area contributed by atoms with E-state index in [0.717, 1.165) is 57.9 Å². The average Bonchev–Trinajstić information content (AvgIpc) is 3.14. The van der Waals surface area contributed by atoms with Crippen LogP contribution in [0.2, 0.25) is 0 Å². The Kier molecular flexibility index (Phi) is 6.85. The lowest BCUT2D eigenvalue weighted by Crippen LogP contribution is -2.47. The molecule has 2 aliphatic heterocycles. The van der Waals surface area contributed by atoms with Crippen molar-refractivity contribution in [3.63, 3.8) is 0 Å². The summed E-state index contributed by atoms with van der Waals surface area (Å²) in [6.07, 6.45) is 1.29. The van der Waals surface area contributed by atoms with Crippen molar-refractivity contribution in [1.29, 1.82) is 0 Å². The van der Waals surface area contributed by atoms with Gasteiger partial charge in [-0.3, -0.25) is 14.5 Å². The number of benzene rings is 1. The minimum atomic E-state index is 0.0982. The molecule has 6 heteroatoms. The second-order valence-corrected chi connectivity index (χ2v) is 7.61. The fourth-order valence-electron chi connectivity index (χ4n) is 3.89. The van der Waals surface area contributed by atoms with Gasteiger partial charge in [0.1, 0.15) is 0 Å². The van der Waals surface area contributed by atoms with Crippen molar-refractivity contribution < 1.29 is 14.3 Å². The lowest BCUT2D eigenvalue weighted by molar-refractivity contribution is -0.133. The first-order valence-corrected chi connectivity index (χ1v) is 9.93. The van der Waals surface area contributed by atoms with Gasteiger partial charge in [-0.25, -0.2) is 0 Å². The van der Waals surface area contributed by atoms with Crippen LogP contribution in [-0.4, -0.2) is 85.0 Å². The lowest BCUT2D eigenvalue weighted by Gasteiger charge is -2.32. The van der Waals surface area contributed by atoms with Gasteiger partial charge in [0.2, 0.25) is 11.8 Å². The van der Waals surface area contributed by atoms with Crippen LogP contribution in [0.3, 0.4) is 0 Å². The van der Waals surface area contributed by atoms with Crippen molar-refractivity contribution in [2.75, 3.05) is 52.5 Å². The minimum Gasteiger partial charge on any atom is -0.379 e. The molecular formula is C21H31N3O3. The monoisotopic (exact) mass is 373 g/mol. The molecule has 0 saturated carbocycles. The summed E-state index contributed by atoms with van der Waals surface area (Å²) < 4.78 is 5.38. The molecule has 0 spiro atoms. The topological polar surface area (TPSA) is 53.1 Å². The molecule has 2 amide bonds. The van der Waals surface area contributed by atoms with Gasteiger partial charge in [-0.15, -0.1) is 0 Å².